The first-order valence-electron chi connectivity index (χ1n) is 13.3. The molecule has 0 saturated carbocycles. The zero-order valence-corrected chi connectivity index (χ0v) is 22.4. The molecule has 0 bridgehead atoms. The lowest BCUT2D eigenvalue weighted by atomic mass is 9.90. The third kappa shape index (κ3) is 6.15. The standard InChI is InChI=1S/C24H28N2O.C4H11N.C2H6/c1-4-6-7-17-18-9-8-16(15(3)26-25-5-2)14-22(18)24-20(17)11-10-19-21(24)12-13-23(19)27;1-3-5-4-2;1-2/h5,8-11,14-15,17,26H,4,6-7,12-13H2,1-3H3;5H,3-4H2,1-2H3;1-2H3/b25-5-;;. The summed E-state index contributed by atoms with van der Waals surface area (Å²) in [5.41, 5.74) is 12.2. The first-order valence-corrected chi connectivity index (χ1v) is 13.3. The lowest BCUT2D eigenvalue weighted by Gasteiger charge is -2.15. The minimum absolute atomic E-state index is 0.156. The zero-order chi connectivity index (χ0) is 25.1. The smallest absolute Gasteiger partial charge is 0.163 e. The van der Waals surface area contributed by atoms with E-state index < -0.39 is 0 Å². The Kier molecular flexibility index (Phi) is 11.5. The van der Waals surface area contributed by atoms with E-state index in [9.17, 15) is 4.79 Å². The first-order chi connectivity index (χ1) is 16.6. The number of carbonyl (C=O) groups excluding carboxylic acids is 1. The largest absolute Gasteiger partial charge is 0.317 e. The number of unbranched alkanes of at least 4 members (excludes halogenated alkanes) is 1. The molecule has 2 aliphatic carbocycles. The van der Waals surface area contributed by atoms with Crippen LogP contribution in [0.3, 0.4) is 0 Å². The van der Waals surface area contributed by atoms with Crippen molar-refractivity contribution in [2.24, 2.45) is 5.10 Å². The molecule has 0 aromatic heterocycles. The molecule has 0 aliphatic heterocycles. The van der Waals surface area contributed by atoms with E-state index in [0.717, 1.165) is 25.1 Å². The van der Waals surface area contributed by atoms with Gasteiger partial charge in [0.15, 0.2) is 5.78 Å². The Bertz CT molecular complexity index is 962. The van der Waals surface area contributed by atoms with Crippen molar-refractivity contribution in [3.8, 4) is 11.1 Å². The van der Waals surface area contributed by atoms with Crippen molar-refractivity contribution >= 4 is 12.0 Å². The number of benzene rings is 2. The minimum Gasteiger partial charge on any atom is -0.317 e. The third-order valence-corrected chi connectivity index (χ3v) is 6.59. The van der Waals surface area contributed by atoms with Gasteiger partial charge in [-0.05, 0) is 79.2 Å². The van der Waals surface area contributed by atoms with Crippen molar-refractivity contribution in [2.45, 2.75) is 92.5 Å². The number of nitrogens with one attached hydrogen (secondary N) is 2. The van der Waals surface area contributed by atoms with Gasteiger partial charge in [0.25, 0.3) is 0 Å². The summed E-state index contributed by atoms with van der Waals surface area (Å²) in [6, 6.07) is 11.3. The fourth-order valence-corrected chi connectivity index (χ4v) is 4.93. The molecule has 0 radical (unpaired) electrons. The monoisotopic (exact) mass is 463 g/mol. The fraction of sp³-hybridized carbons (Fsp3) is 0.533. The van der Waals surface area contributed by atoms with Crippen LogP contribution in [0, 0.1) is 0 Å². The predicted molar refractivity (Wildman–Crippen MR) is 147 cm³/mol. The molecular formula is C30H45N3O. The van der Waals surface area contributed by atoms with Gasteiger partial charge >= 0.3 is 0 Å². The average molecular weight is 464 g/mol. The van der Waals surface area contributed by atoms with Gasteiger partial charge in [-0.1, -0.05) is 71.7 Å². The van der Waals surface area contributed by atoms with E-state index in [-0.39, 0.29) is 6.04 Å². The van der Waals surface area contributed by atoms with Gasteiger partial charge in [0, 0.05) is 24.1 Å². The number of hydrazone groups is 1. The fourth-order valence-electron chi connectivity index (χ4n) is 4.93. The van der Waals surface area contributed by atoms with Crippen LogP contribution in [-0.4, -0.2) is 25.1 Å². The Labute approximate surface area is 207 Å². The molecule has 2 aliphatic rings. The van der Waals surface area contributed by atoms with Gasteiger partial charge in [-0.3, -0.25) is 4.79 Å². The van der Waals surface area contributed by atoms with Crippen molar-refractivity contribution < 1.29 is 4.79 Å². The van der Waals surface area contributed by atoms with Crippen molar-refractivity contribution in [1.29, 1.82) is 0 Å². The van der Waals surface area contributed by atoms with Crippen molar-refractivity contribution in [2.75, 3.05) is 13.1 Å². The van der Waals surface area contributed by atoms with E-state index in [1.807, 2.05) is 20.8 Å². The van der Waals surface area contributed by atoms with Crippen LogP contribution in [0.2, 0.25) is 0 Å². The number of hydrogen-bond donors (Lipinski definition) is 2. The molecule has 2 atom stereocenters. The van der Waals surface area contributed by atoms with Gasteiger partial charge in [-0.15, -0.1) is 0 Å². The molecule has 2 unspecified atom stereocenters. The third-order valence-electron chi connectivity index (χ3n) is 6.59. The number of nitrogens with zero attached hydrogens (tertiary/aromatic N) is 1. The quantitative estimate of drug-likeness (QED) is 0.316. The van der Waals surface area contributed by atoms with Crippen LogP contribution in [0.25, 0.3) is 11.1 Å². The predicted octanol–water partition coefficient (Wildman–Crippen LogP) is 7.42. The molecule has 4 heteroatoms. The summed E-state index contributed by atoms with van der Waals surface area (Å²) in [4.78, 5) is 12.3. The van der Waals surface area contributed by atoms with Crippen LogP contribution in [0.5, 0.6) is 0 Å². The summed E-state index contributed by atoms with van der Waals surface area (Å²) in [5, 5.41) is 7.30. The Hall–Kier alpha value is -2.46. The molecule has 0 amide bonds. The van der Waals surface area contributed by atoms with Crippen molar-refractivity contribution in [3.63, 3.8) is 0 Å². The molecule has 0 heterocycles. The molecule has 34 heavy (non-hydrogen) atoms. The highest BCUT2D eigenvalue weighted by molar-refractivity contribution is 6.03. The van der Waals surface area contributed by atoms with E-state index in [0.29, 0.717) is 18.1 Å². The Morgan fingerprint density at radius 2 is 1.74 bits per heavy atom. The van der Waals surface area contributed by atoms with Gasteiger partial charge in [-0.25, -0.2) is 0 Å². The number of fused-ring (bicyclic) bond motifs is 5. The van der Waals surface area contributed by atoms with E-state index >= 15 is 0 Å². The second kappa shape index (κ2) is 14.1. The van der Waals surface area contributed by atoms with Crippen LogP contribution in [0.1, 0.15) is 119 Å². The van der Waals surface area contributed by atoms with E-state index in [1.165, 1.54) is 52.6 Å². The SMILES string of the molecule is C/C=N\NC(C)c1ccc2c(c1)-c1c(ccc3c1CCC3=O)C2CCCC.CC.CCNCC. The molecule has 0 saturated heterocycles. The number of hydrogen-bond acceptors (Lipinski definition) is 4. The molecule has 2 aromatic carbocycles. The normalized spacial score (nSPS) is 16.1. The van der Waals surface area contributed by atoms with Crippen LogP contribution in [0.4, 0.5) is 0 Å². The number of ketones is 1. The lowest BCUT2D eigenvalue weighted by molar-refractivity contribution is 0.0994. The summed E-state index contributed by atoms with van der Waals surface area (Å²) < 4.78 is 0. The lowest BCUT2D eigenvalue weighted by Crippen LogP contribution is -2.12. The summed E-state index contributed by atoms with van der Waals surface area (Å²) in [5.74, 6) is 0.761. The maximum Gasteiger partial charge on any atom is 0.163 e. The number of Topliss-reactive ketones (excluding diaryl/α,β-unsaturated/α-hetero) is 1. The summed E-state index contributed by atoms with van der Waals surface area (Å²) in [6.45, 7) is 16.7. The van der Waals surface area contributed by atoms with Gasteiger partial charge in [0.2, 0.25) is 0 Å². The molecule has 186 valence electrons. The highest BCUT2D eigenvalue weighted by Gasteiger charge is 2.34. The molecule has 4 nitrogen and oxygen atoms in total. The van der Waals surface area contributed by atoms with E-state index in [4.69, 9.17) is 0 Å². The number of carbonyl (C=O) groups is 1. The molecule has 2 aromatic rings. The Morgan fingerprint density at radius 3 is 2.35 bits per heavy atom. The van der Waals surface area contributed by atoms with E-state index in [1.54, 1.807) is 6.21 Å². The first kappa shape index (κ1) is 27.8. The van der Waals surface area contributed by atoms with Crippen molar-refractivity contribution in [1.82, 2.24) is 10.7 Å². The molecular weight excluding hydrogens is 418 g/mol. The van der Waals surface area contributed by atoms with Crippen LogP contribution in [0.15, 0.2) is 35.4 Å². The second-order valence-electron chi connectivity index (χ2n) is 8.72. The van der Waals surface area contributed by atoms with Crippen LogP contribution >= 0.6 is 0 Å². The van der Waals surface area contributed by atoms with Gasteiger partial charge < -0.3 is 10.7 Å². The van der Waals surface area contributed by atoms with Crippen LogP contribution < -0.4 is 10.7 Å². The molecule has 2 N–H and O–H groups in total. The number of rotatable bonds is 8. The highest BCUT2D eigenvalue weighted by Crippen LogP contribution is 2.51. The highest BCUT2D eigenvalue weighted by atomic mass is 16.1. The van der Waals surface area contributed by atoms with Gasteiger partial charge in [0.05, 0.1) is 6.04 Å². The maximum absolute atomic E-state index is 12.3. The Morgan fingerprint density at radius 1 is 1.03 bits per heavy atom. The molecule has 0 fully saturated rings. The summed E-state index contributed by atoms with van der Waals surface area (Å²) >= 11 is 0. The molecule has 4 rings (SSSR count). The average Bonchev–Trinajstić information content (AvgIpc) is 3.40. The van der Waals surface area contributed by atoms with E-state index in [2.05, 4.69) is 73.9 Å². The maximum atomic E-state index is 12.3. The summed E-state index contributed by atoms with van der Waals surface area (Å²) in [7, 11) is 0. The minimum atomic E-state index is 0.156. The second-order valence-corrected chi connectivity index (χ2v) is 8.72. The van der Waals surface area contributed by atoms with Crippen LogP contribution in [-0.2, 0) is 6.42 Å². The molecule has 0 spiro atoms. The Balaban J connectivity index is 0.000000520. The summed E-state index contributed by atoms with van der Waals surface area (Å²) in [6.07, 6.45) is 6.93. The topological polar surface area (TPSA) is 53.5 Å². The van der Waals surface area contributed by atoms with Gasteiger partial charge in [-0.2, -0.15) is 5.10 Å². The zero-order valence-electron chi connectivity index (χ0n) is 22.4. The van der Waals surface area contributed by atoms with Gasteiger partial charge in [0.1, 0.15) is 0 Å². The van der Waals surface area contributed by atoms with Crippen molar-refractivity contribution in [3.05, 3.63) is 58.1 Å².